The van der Waals surface area contributed by atoms with Crippen molar-refractivity contribution in [2.75, 3.05) is 27.2 Å². The molecule has 0 aromatic heterocycles. The Kier molecular flexibility index (Phi) is 2.11. The maximum absolute atomic E-state index is 2.32. The molecule has 1 heterocycles. The van der Waals surface area contributed by atoms with Gasteiger partial charge in [0.1, 0.15) is 0 Å². The minimum absolute atomic E-state index is 1.11. The van der Waals surface area contributed by atoms with E-state index in [0.717, 1.165) is 13.1 Å². The molecule has 0 spiro atoms. The van der Waals surface area contributed by atoms with Gasteiger partial charge in [-0.1, -0.05) is 11.1 Å². The van der Waals surface area contributed by atoms with Crippen molar-refractivity contribution < 1.29 is 0 Å². The second kappa shape index (κ2) is 2.72. The van der Waals surface area contributed by atoms with Gasteiger partial charge in [0, 0.05) is 27.2 Å². The molecule has 58 valence electrons. The van der Waals surface area contributed by atoms with E-state index in [4.69, 9.17) is 0 Å². The van der Waals surface area contributed by atoms with Crippen LogP contribution in [0.5, 0.6) is 0 Å². The van der Waals surface area contributed by atoms with Crippen LogP contribution < -0.4 is 0 Å². The smallest absolute Gasteiger partial charge is 0.0347 e. The van der Waals surface area contributed by atoms with Crippen LogP contribution in [0.25, 0.3) is 0 Å². The molecule has 10 heavy (non-hydrogen) atoms. The van der Waals surface area contributed by atoms with E-state index >= 15 is 0 Å². The maximum Gasteiger partial charge on any atom is 0.0347 e. The van der Waals surface area contributed by atoms with Gasteiger partial charge in [-0.05, 0) is 13.8 Å². The zero-order valence-corrected chi connectivity index (χ0v) is 7.31. The largest absolute Gasteiger partial charge is 0.247 e. The normalized spacial score (nSPS) is 21.3. The summed E-state index contributed by atoms with van der Waals surface area (Å²) in [6.07, 6.45) is 0. The quantitative estimate of drug-likeness (QED) is 0.503. The average molecular weight is 140 g/mol. The van der Waals surface area contributed by atoms with Crippen LogP contribution in [0.15, 0.2) is 11.1 Å². The Balaban J connectivity index is 2.51. The maximum atomic E-state index is 2.32. The highest BCUT2D eigenvalue weighted by molar-refractivity contribution is 5.17. The van der Waals surface area contributed by atoms with E-state index in [0.29, 0.717) is 0 Å². The summed E-state index contributed by atoms with van der Waals surface area (Å²) in [5, 5.41) is 4.48. The Morgan fingerprint density at radius 1 is 1.10 bits per heavy atom. The first kappa shape index (κ1) is 7.76. The molecule has 0 atom stereocenters. The summed E-state index contributed by atoms with van der Waals surface area (Å²) in [5.41, 5.74) is 3.04. The molecule has 0 amide bonds. The minimum atomic E-state index is 1.11. The molecule has 0 fully saturated rings. The lowest BCUT2D eigenvalue weighted by molar-refractivity contribution is 0.0570. The molecule has 0 saturated carbocycles. The Morgan fingerprint density at radius 3 is 1.70 bits per heavy atom. The molecule has 1 rings (SSSR count). The van der Waals surface area contributed by atoms with E-state index in [2.05, 4.69) is 38.0 Å². The summed E-state index contributed by atoms with van der Waals surface area (Å²) in [6, 6.07) is 0. The van der Waals surface area contributed by atoms with Gasteiger partial charge in [0.15, 0.2) is 0 Å². The van der Waals surface area contributed by atoms with Gasteiger partial charge in [-0.2, -0.15) is 0 Å². The van der Waals surface area contributed by atoms with Crippen LogP contribution in [0.2, 0.25) is 0 Å². The van der Waals surface area contributed by atoms with Gasteiger partial charge in [-0.15, -0.1) is 0 Å². The molecule has 0 aromatic rings. The van der Waals surface area contributed by atoms with Crippen molar-refractivity contribution >= 4 is 0 Å². The average Bonchev–Trinajstić information content (AvgIpc) is 2.13. The Hall–Kier alpha value is -0.340. The molecule has 0 aromatic carbocycles. The van der Waals surface area contributed by atoms with Crippen molar-refractivity contribution in [3.63, 3.8) is 0 Å². The zero-order chi connectivity index (χ0) is 7.72. The Bertz CT molecular complexity index is 145. The third-order valence-electron chi connectivity index (χ3n) is 2.13. The SMILES string of the molecule is CC1=C(C)CN(N(C)C)C1. The molecule has 0 N–H and O–H groups in total. The van der Waals surface area contributed by atoms with Gasteiger partial charge in [0.05, 0.1) is 0 Å². The van der Waals surface area contributed by atoms with Crippen molar-refractivity contribution in [3.05, 3.63) is 11.1 Å². The minimum Gasteiger partial charge on any atom is -0.247 e. The number of nitrogens with zero attached hydrogens (tertiary/aromatic N) is 2. The molecule has 0 saturated heterocycles. The van der Waals surface area contributed by atoms with Crippen molar-refractivity contribution in [3.8, 4) is 0 Å². The number of hydrogen-bond donors (Lipinski definition) is 0. The molecule has 0 unspecified atom stereocenters. The van der Waals surface area contributed by atoms with Crippen molar-refractivity contribution in [2.45, 2.75) is 13.8 Å². The predicted octanol–water partition coefficient (Wildman–Crippen LogP) is 1.11. The van der Waals surface area contributed by atoms with Crippen LogP contribution in [-0.4, -0.2) is 37.2 Å². The van der Waals surface area contributed by atoms with E-state index in [1.54, 1.807) is 0 Å². The van der Waals surface area contributed by atoms with Gasteiger partial charge >= 0.3 is 0 Å². The Labute approximate surface area is 63.1 Å². The fourth-order valence-electron chi connectivity index (χ4n) is 1.16. The van der Waals surface area contributed by atoms with Gasteiger partial charge in [0.2, 0.25) is 0 Å². The lowest BCUT2D eigenvalue weighted by Gasteiger charge is -2.23. The topological polar surface area (TPSA) is 6.48 Å². The number of hydrazine groups is 1. The van der Waals surface area contributed by atoms with Crippen LogP contribution in [-0.2, 0) is 0 Å². The van der Waals surface area contributed by atoms with E-state index in [-0.39, 0.29) is 0 Å². The van der Waals surface area contributed by atoms with E-state index in [1.807, 2.05) is 0 Å². The molecule has 1 aliphatic heterocycles. The third kappa shape index (κ3) is 1.39. The summed E-state index contributed by atoms with van der Waals surface area (Å²) in [7, 11) is 4.18. The monoisotopic (exact) mass is 140 g/mol. The molecule has 2 heteroatoms. The fraction of sp³-hybridized carbons (Fsp3) is 0.750. The van der Waals surface area contributed by atoms with Gasteiger partial charge in [-0.3, -0.25) is 0 Å². The Morgan fingerprint density at radius 2 is 1.50 bits per heavy atom. The summed E-state index contributed by atoms with van der Waals surface area (Å²) >= 11 is 0. The molecule has 2 nitrogen and oxygen atoms in total. The number of hydrogen-bond acceptors (Lipinski definition) is 2. The summed E-state index contributed by atoms with van der Waals surface area (Å²) in [5.74, 6) is 0. The lowest BCUT2D eigenvalue weighted by Crippen LogP contribution is -2.35. The van der Waals surface area contributed by atoms with Gasteiger partial charge in [0.25, 0.3) is 0 Å². The highest BCUT2D eigenvalue weighted by atomic mass is 15.6. The summed E-state index contributed by atoms with van der Waals surface area (Å²) < 4.78 is 0. The first-order valence-corrected chi connectivity index (χ1v) is 3.68. The van der Waals surface area contributed by atoms with Crippen LogP contribution in [0.4, 0.5) is 0 Å². The van der Waals surface area contributed by atoms with Crippen LogP contribution in [0.1, 0.15) is 13.8 Å². The van der Waals surface area contributed by atoms with Crippen LogP contribution in [0.3, 0.4) is 0 Å². The predicted molar refractivity (Wildman–Crippen MR) is 43.6 cm³/mol. The first-order valence-electron chi connectivity index (χ1n) is 3.68. The molecule has 0 bridgehead atoms. The van der Waals surface area contributed by atoms with Crippen molar-refractivity contribution in [2.24, 2.45) is 0 Å². The van der Waals surface area contributed by atoms with Crippen LogP contribution in [0, 0.1) is 0 Å². The standard InChI is InChI=1S/C8H16N2/c1-7-5-10(9(3)4)6-8(7)2/h5-6H2,1-4H3. The summed E-state index contributed by atoms with van der Waals surface area (Å²) in [4.78, 5) is 0. The molecular weight excluding hydrogens is 124 g/mol. The molecule has 0 radical (unpaired) electrons. The number of rotatable bonds is 1. The van der Waals surface area contributed by atoms with Crippen LogP contribution >= 0.6 is 0 Å². The zero-order valence-electron chi connectivity index (χ0n) is 7.31. The van der Waals surface area contributed by atoms with Crippen molar-refractivity contribution in [1.82, 2.24) is 10.0 Å². The summed E-state index contributed by atoms with van der Waals surface area (Å²) in [6.45, 7) is 6.63. The lowest BCUT2D eigenvalue weighted by atomic mass is 10.2. The van der Waals surface area contributed by atoms with E-state index in [9.17, 15) is 0 Å². The van der Waals surface area contributed by atoms with E-state index < -0.39 is 0 Å². The molecule has 1 aliphatic rings. The fourth-order valence-corrected chi connectivity index (χ4v) is 1.16. The highest BCUT2D eigenvalue weighted by Gasteiger charge is 2.16. The van der Waals surface area contributed by atoms with Gasteiger partial charge in [-0.25, -0.2) is 10.0 Å². The molecule has 0 aliphatic carbocycles. The second-order valence-corrected chi connectivity index (χ2v) is 3.23. The third-order valence-corrected chi connectivity index (χ3v) is 2.13. The van der Waals surface area contributed by atoms with E-state index in [1.165, 1.54) is 11.1 Å². The molecular formula is C8H16N2. The second-order valence-electron chi connectivity index (χ2n) is 3.23. The van der Waals surface area contributed by atoms with Gasteiger partial charge < -0.3 is 0 Å². The van der Waals surface area contributed by atoms with Crippen molar-refractivity contribution in [1.29, 1.82) is 0 Å². The first-order chi connectivity index (χ1) is 4.61. The highest BCUT2D eigenvalue weighted by Crippen LogP contribution is 2.15.